The molecule has 0 N–H and O–H groups in total. The van der Waals surface area contributed by atoms with Crippen molar-refractivity contribution in [2.45, 2.75) is 50.9 Å². The molecule has 0 heterocycles. The first-order valence-electron chi connectivity index (χ1n) is 7.15. The lowest BCUT2D eigenvalue weighted by Gasteiger charge is -2.38. The van der Waals surface area contributed by atoms with Gasteiger partial charge in [-0.05, 0) is 38.0 Å². The van der Waals surface area contributed by atoms with E-state index in [-0.39, 0.29) is 0 Å². The van der Waals surface area contributed by atoms with Crippen LogP contribution >= 0.6 is 0 Å². The SMILES string of the molecule is C[Si](C)(C)OC(C#N)(c1ccccc1)C1CCCC1. The summed E-state index contributed by atoms with van der Waals surface area (Å²) in [6.07, 6.45) is 4.64. The molecule has 0 aliphatic heterocycles. The van der Waals surface area contributed by atoms with Crippen LogP contribution in [0.4, 0.5) is 0 Å². The van der Waals surface area contributed by atoms with Crippen LogP contribution in [0.3, 0.4) is 0 Å². The van der Waals surface area contributed by atoms with E-state index in [0.717, 1.165) is 18.4 Å². The lowest BCUT2D eigenvalue weighted by molar-refractivity contribution is 0.0540. The van der Waals surface area contributed by atoms with E-state index in [1.165, 1.54) is 12.8 Å². The van der Waals surface area contributed by atoms with Gasteiger partial charge in [-0.2, -0.15) is 5.26 Å². The number of nitriles is 1. The van der Waals surface area contributed by atoms with Gasteiger partial charge >= 0.3 is 0 Å². The van der Waals surface area contributed by atoms with Crippen molar-refractivity contribution in [3.63, 3.8) is 0 Å². The first-order valence-corrected chi connectivity index (χ1v) is 10.6. The highest BCUT2D eigenvalue weighted by Gasteiger charge is 2.45. The second-order valence-corrected chi connectivity index (χ2v) is 10.8. The summed E-state index contributed by atoms with van der Waals surface area (Å²) in [4.78, 5) is 0. The second kappa shape index (κ2) is 5.48. The zero-order valence-electron chi connectivity index (χ0n) is 12.1. The summed E-state index contributed by atoms with van der Waals surface area (Å²) < 4.78 is 6.42. The molecule has 1 unspecified atom stereocenters. The fourth-order valence-electron chi connectivity index (χ4n) is 3.06. The Morgan fingerprint density at radius 3 is 2.21 bits per heavy atom. The maximum absolute atomic E-state index is 9.90. The molecule has 2 nitrogen and oxygen atoms in total. The molecule has 0 bridgehead atoms. The van der Waals surface area contributed by atoms with E-state index in [4.69, 9.17) is 4.43 Å². The van der Waals surface area contributed by atoms with Gasteiger partial charge in [0.05, 0.1) is 0 Å². The monoisotopic (exact) mass is 273 g/mol. The molecule has 0 radical (unpaired) electrons. The number of hydrogen-bond acceptors (Lipinski definition) is 2. The number of hydrogen-bond donors (Lipinski definition) is 0. The van der Waals surface area contributed by atoms with Crippen molar-refractivity contribution in [2.75, 3.05) is 0 Å². The van der Waals surface area contributed by atoms with Crippen molar-refractivity contribution in [1.29, 1.82) is 5.26 Å². The third-order valence-electron chi connectivity index (χ3n) is 3.77. The Balaban J connectivity index is 2.44. The average molecular weight is 273 g/mol. The second-order valence-electron chi connectivity index (χ2n) is 6.41. The van der Waals surface area contributed by atoms with E-state index in [9.17, 15) is 5.26 Å². The molecule has 19 heavy (non-hydrogen) atoms. The minimum Gasteiger partial charge on any atom is -0.396 e. The van der Waals surface area contributed by atoms with Crippen LogP contribution in [0.5, 0.6) is 0 Å². The van der Waals surface area contributed by atoms with Gasteiger partial charge in [0.1, 0.15) is 6.07 Å². The van der Waals surface area contributed by atoms with E-state index in [2.05, 4.69) is 25.7 Å². The molecule has 0 aromatic heterocycles. The maximum atomic E-state index is 9.90. The molecule has 3 heteroatoms. The zero-order chi connectivity index (χ0) is 13.9. The number of rotatable bonds is 4. The van der Waals surface area contributed by atoms with Crippen molar-refractivity contribution in [2.24, 2.45) is 5.92 Å². The van der Waals surface area contributed by atoms with Crippen LogP contribution in [0.25, 0.3) is 0 Å². The Morgan fingerprint density at radius 1 is 1.16 bits per heavy atom. The zero-order valence-corrected chi connectivity index (χ0v) is 13.1. The van der Waals surface area contributed by atoms with E-state index in [1.54, 1.807) is 0 Å². The third-order valence-corrected chi connectivity index (χ3v) is 4.70. The lowest BCUT2D eigenvalue weighted by Crippen LogP contribution is -2.44. The van der Waals surface area contributed by atoms with Gasteiger partial charge in [0.15, 0.2) is 13.9 Å². The number of nitrogens with zero attached hydrogens (tertiary/aromatic N) is 1. The first-order chi connectivity index (χ1) is 8.98. The highest BCUT2D eigenvalue weighted by Crippen LogP contribution is 2.44. The average Bonchev–Trinajstić information content (AvgIpc) is 2.90. The summed E-state index contributed by atoms with van der Waals surface area (Å²) in [5.74, 6) is 0.339. The van der Waals surface area contributed by atoms with E-state index >= 15 is 0 Å². The molecular weight excluding hydrogens is 250 g/mol. The van der Waals surface area contributed by atoms with Crippen molar-refractivity contribution in [1.82, 2.24) is 0 Å². The van der Waals surface area contributed by atoms with Crippen molar-refractivity contribution in [3.8, 4) is 6.07 Å². The van der Waals surface area contributed by atoms with Crippen LogP contribution in [0.1, 0.15) is 31.2 Å². The first kappa shape index (κ1) is 14.3. The molecule has 1 aromatic carbocycles. The lowest BCUT2D eigenvalue weighted by atomic mass is 9.81. The van der Waals surface area contributed by atoms with Gasteiger partial charge in [-0.25, -0.2) is 0 Å². The molecule has 0 spiro atoms. The molecule has 1 aromatic rings. The maximum Gasteiger partial charge on any atom is 0.186 e. The standard InChI is InChI=1S/C16H23NOSi/c1-19(2,3)18-16(13-17,15-11-7-8-12-15)14-9-5-4-6-10-14/h4-6,9-10,15H,7-8,11-12H2,1-3H3. The predicted octanol–water partition coefficient (Wildman–Crippen LogP) is 4.45. The van der Waals surface area contributed by atoms with Gasteiger partial charge in [0, 0.05) is 5.92 Å². The normalized spacial score (nSPS) is 19.9. The predicted molar refractivity (Wildman–Crippen MR) is 80.1 cm³/mol. The topological polar surface area (TPSA) is 33.0 Å². The molecule has 0 amide bonds. The minimum absolute atomic E-state index is 0.339. The summed E-state index contributed by atoms with van der Waals surface area (Å²) in [6.45, 7) is 6.49. The fourth-order valence-corrected chi connectivity index (χ4v) is 4.35. The van der Waals surface area contributed by atoms with Crippen molar-refractivity contribution in [3.05, 3.63) is 35.9 Å². The van der Waals surface area contributed by atoms with Crippen LogP contribution in [0.15, 0.2) is 30.3 Å². The Kier molecular flexibility index (Phi) is 4.12. The van der Waals surface area contributed by atoms with Crippen molar-refractivity contribution < 1.29 is 4.43 Å². The summed E-state index contributed by atoms with van der Waals surface area (Å²) in [6, 6.07) is 12.6. The fraction of sp³-hybridized carbons (Fsp3) is 0.562. The summed E-state index contributed by atoms with van der Waals surface area (Å²) >= 11 is 0. The Labute approximate surface area is 117 Å². The number of benzene rings is 1. The summed E-state index contributed by atoms with van der Waals surface area (Å²) in [7, 11) is -1.79. The smallest absolute Gasteiger partial charge is 0.186 e. The molecule has 1 fully saturated rings. The Morgan fingerprint density at radius 2 is 1.74 bits per heavy atom. The van der Waals surface area contributed by atoms with Crippen LogP contribution in [0.2, 0.25) is 19.6 Å². The molecule has 1 saturated carbocycles. The van der Waals surface area contributed by atoms with Gasteiger partial charge < -0.3 is 4.43 Å². The van der Waals surface area contributed by atoms with Gasteiger partial charge in [-0.1, -0.05) is 43.2 Å². The quantitative estimate of drug-likeness (QED) is 0.759. The molecule has 2 rings (SSSR count). The molecule has 1 atom stereocenters. The van der Waals surface area contributed by atoms with E-state index in [1.807, 2.05) is 30.3 Å². The third kappa shape index (κ3) is 3.07. The van der Waals surface area contributed by atoms with Gasteiger partial charge in [0.2, 0.25) is 0 Å². The summed E-state index contributed by atoms with van der Waals surface area (Å²) in [5, 5.41) is 9.90. The van der Waals surface area contributed by atoms with Crippen LogP contribution in [-0.4, -0.2) is 8.32 Å². The summed E-state index contributed by atoms with van der Waals surface area (Å²) in [5.41, 5.74) is 0.300. The Bertz CT molecular complexity index is 454. The van der Waals surface area contributed by atoms with Crippen LogP contribution in [-0.2, 0) is 10.0 Å². The molecule has 1 aliphatic carbocycles. The van der Waals surface area contributed by atoms with Crippen LogP contribution < -0.4 is 0 Å². The molecule has 1 aliphatic rings. The molecule has 102 valence electrons. The highest BCUT2D eigenvalue weighted by molar-refractivity contribution is 6.69. The van der Waals surface area contributed by atoms with Gasteiger partial charge in [-0.15, -0.1) is 0 Å². The van der Waals surface area contributed by atoms with E-state index < -0.39 is 13.9 Å². The van der Waals surface area contributed by atoms with Crippen molar-refractivity contribution >= 4 is 8.32 Å². The highest BCUT2D eigenvalue weighted by atomic mass is 28.4. The minimum atomic E-state index is -1.79. The molecular formula is C16H23NOSi. The van der Waals surface area contributed by atoms with Gasteiger partial charge in [0.25, 0.3) is 0 Å². The van der Waals surface area contributed by atoms with Crippen LogP contribution in [0, 0.1) is 17.2 Å². The Hall–Kier alpha value is -1.11. The van der Waals surface area contributed by atoms with E-state index in [0.29, 0.717) is 5.92 Å². The van der Waals surface area contributed by atoms with Gasteiger partial charge in [-0.3, -0.25) is 0 Å². The molecule has 0 saturated heterocycles. The largest absolute Gasteiger partial charge is 0.396 e.